The second-order valence-electron chi connectivity index (χ2n) is 5.60. The van der Waals surface area contributed by atoms with Gasteiger partial charge in [-0.1, -0.05) is 35.5 Å². The molecule has 126 valence electrons. The summed E-state index contributed by atoms with van der Waals surface area (Å²) in [4.78, 5) is 0. The van der Waals surface area contributed by atoms with E-state index >= 15 is 0 Å². The van der Waals surface area contributed by atoms with Gasteiger partial charge in [0.25, 0.3) is 0 Å². The summed E-state index contributed by atoms with van der Waals surface area (Å²) >= 11 is 1.39. The highest BCUT2D eigenvalue weighted by Gasteiger charge is 2.18. The third kappa shape index (κ3) is 3.67. The Bertz CT molecular complexity index is 912. The van der Waals surface area contributed by atoms with Gasteiger partial charge in [0.1, 0.15) is 5.75 Å². The fraction of sp³-hybridized carbons (Fsp3) is 0.211. The molecule has 1 aromatic heterocycles. The first-order chi connectivity index (χ1) is 12.1. The van der Waals surface area contributed by atoms with Crippen LogP contribution in [0.25, 0.3) is 17.1 Å². The summed E-state index contributed by atoms with van der Waals surface area (Å²) in [7, 11) is 1.64. The standard InChI is InChI=1S/C19H18N4OS/c1-13-5-4-6-15(11-13)18-21-22-19(25-14(2)12-20)23(18)16-7-9-17(24-3)10-8-16/h4-11,14H,1-3H3. The maximum atomic E-state index is 9.14. The van der Waals surface area contributed by atoms with Crippen LogP contribution in [-0.4, -0.2) is 27.1 Å². The molecule has 0 aliphatic heterocycles. The molecule has 0 bridgehead atoms. The third-order valence-corrected chi connectivity index (χ3v) is 4.64. The molecule has 0 N–H and O–H groups in total. The van der Waals surface area contributed by atoms with Gasteiger partial charge in [-0.3, -0.25) is 4.57 Å². The monoisotopic (exact) mass is 350 g/mol. The molecule has 0 saturated heterocycles. The minimum absolute atomic E-state index is 0.216. The normalized spacial score (nSPS) is 11.8. The number of aryl methyl sites for hydroxylation is 1. The topological polar surface area (TPSA) is 63.7 Å². The molecular weight excluding hydrogens is 332 g/mol. The molecule has 0 spiro atoms. The van der Waals surface area contributed by atoms with E-state index in [-0.39, 0.29) is 5.25 Å². The van der Waals surface area contributed by atoms with Crippen molar-refractivity contribution < 1.29 is 4.74 Å². The lowest BCUT2D eigenvalue weighted by Gasteiger charge is -2.12. The highest BCUT2D eigenvalue weighted by atomic mass is 32.2. The number of hydrogen-bond donors (Lipinski definition) is 0. The van der Waals surface area contributed by atoms with Crippen LogP contribution in [0.2, 0.25) is 0 Å². The summed E-state index contributed by atoms with van der Waals surface area (Å²) in [6, 6.07) is 18.1. The van der Waals surface area contributed by atoms with Crippen LogP contribution in [0.1, 0.15) is 12.5 Å². The first-order valence-electron chi connectivity index (χ1n) is 7.85. The zero-order valence-electron chi connectivity index (χ0n) is 14.3. The van der Waals surface area contributed by atoms with Crippen LogP contribution in [0.15, 0.2) is 53.7 Å². The van der Waals surface area contributed by atoms with E-state index in [4.69, 9.17) is 10.00 Å². The van der Waals surface area contributed by atoms with E-state index in [1.807, 2.05) is 60.9 Å². The number of nitrogens with zero attached hydrogens (tertiary/aromatic N) is 4. The molecular formula is C19H18N4OS. The van der Waals surface area contributed by atoms with Gasteiger partial charge in [0, 0.05) is 11.3 Å². The molecule has 0 fully saturated rings. The second kappa shape index (κ2) is 7.41. The van der Waals surface area contributed by atoms with E-state index in [1.165, 1.54) is 11.8 Å². The molecule has 1 unspecified atom stereocenters. The Morgan fingerprint density at radius 3 is 2.56 bits per heavy atom. The van der Waals surface area contributed by atoms with E-state index in [9.17, 15) is 0 Å². The molecule has 25 heavy (non-hydrogen) atoms. The Hall–Kier alpha value is -2.78. The fourth-order valence-corrected chi connectivity index (χ4v) is 3.22. The van der Waals surface area contributed by atoms with Crippen LogP contribution < -0.4 is 4.74 Å². The van der Waals surface area contributed by atoms with E-state index < -0.39 is 0 Å². The summed E-state index contributed by atoms with van der Waals surface area (Å²) in [6.45, 7) is 3.90. The summed E-state index contributed by atoms with van der Waals surface area (Å²) in [5.74, 6) is 1.54. The Labute approximate surface area is 151 Å². The van der Waals surface area contributed by atoms with Crippen LogP contribution in [0, 0.1) is 18.3 Å². The largest absolute Gasteiger partial charge is 0.497 e. The Morgan fingerprint density at radius 1 is 1.16 bits per heavy atom. The smallest absolute Gasteiger partial charge is 0.197 e. The molecule has 6 heteroatoms. The number of rotatable bonds is 5. The molecule has 0 amide bonds. The number of ether oxygens (including phenoxy) is 1. The predicted octanol–water partition coefficient (Wildman–Crippen LogP) is 4.26. The van der Waals surface area contributed by atoms with Gasteiger partial charge in [-0.15, -0.1) is 10.2 Å². The number of methoxy groups -OCH3 is 1. The summed E-state index contributed by atoms with van der Waals surface area (Å²) in [5, 5.41) is 18.3. The highest BCUT2D eigenvalue weighted by molar-refractivity contribution is 8.00. The van der Waals surface area contributed by atoms with Gasteiger partial charge in [-0.05, 0) is 44.2 Å². The van der Waals surface area contributed by atoms with Gasteiger partial charge in [0.2, 0.25) is 0 Å². The molecule has 2 aromatic carbocycles. The van der Waals surface area contributed by atoms with Gasteiger partial charge in [0.05, 0.1) is 18.4 Å². The average Bonchev–Trinajstić information content (AvgIpc) is 3.05. The molecule has 0 aliphatic carbocycles. The summed E-state index contributed by atoms with van der Waals surface area (Å²) in [6.07, 6.45) is 0. The molecule has 0 saturated carbocycles. The lowest BCUT2D eigenvalue weighted by atomic mass is 10.1. The van der Waals surface area contributed by atoms with Crippen molar-refractivity contribution in [2.75, 3.05) is 7.11 Å². The summed E-state index contributed by atoms with van der Waals surface area (Å²) in [5.41, 5.74) is 3.07. The van der Waals surface area contributed by atoms with Gasteiger partial charge in [-0.25, -0.2) is 0 Å². The highest BCUT2D eigenvalue weighted by Crippen LogP contribution is 2.30. The van der Waals surface area contributed by atoms with Crippen LogP contribution in [0.4, 0.5) is 0 Å². The van der Waals surface area contributed by atoms with Crippen molar-refractivity contribution in [3.05, 3.63) is 54.1 Å². The zero-order chi connectivity index (χ0) is 17.8. The van der Waals surface area contributed by atoms with E-state index in [0.29, 0.717) is 5.16 Å². The Morgan fingerprint density at radius 2 is 1.92 bits per heavy atom. The van der Waals surface area contributed by atoms with E-state index in [2.05, 4.69) is 22.3 Å². The van der Waals surface area contributed by atoms with Crippen molar-refractivity contribution in [2.45, 2.75) is 24.3 Å². The SMILES string of the molecule is COc1ccc(-n2c(SC(C)C#N)nnc2-c2cccc(C)c2)cc1. The van der Waals surface area contributed by atoms with Gasteiger partial charge >= 0.3 is 0 Å². The first kappa shape index (κ1) is 17.1. The quantitative estimate of drug-likeness (QED) is 0.644. The minimum atomic E-state index is -0.216. The lowest BCUT2D eigenvalue weighted by molar-refractivity contribution is 0.414. The maximum Gasteiger partial charge on any atom is 0.197 e. The zero-order valence-corrected chi connectivity index (χ0v) is 15.1. The minimum Gasteiger partial charge on any atom is -0.497 e. The Kier molecular flexibility index (Phi) is 5.05. The van der Waals surface area contributed by atoms with Crippen LogP contribution in [0.3, 0.4) is 0 Å². The van der Waals surface area contributed by atoms with Crippen molar-refractivity contribution >= 4 is 11.8 Å². The number of nitriles is 1. The van der Waals surface area contributed by atoms with Gasteiger partial charge in [-0.2, -0.15) is 5.26 Å². The third-order valence-electron chi connectivity index (χ3n) is 3.70. The van der Waals surface area contributed by atoms with Crippen LogP contribution >= 0.6 is 11.8 Å². The molecule has 1 atom stereocenters. The number of benzene rings is 2. The van der Waals surface area contributed by atoms with Crippen molar-refractivity contribution in [3.8, 4) is 28.9 Å². The molecule has 5 nitrogen and oxygen atoms in total. The number of hydrogen-bond acceptors (Lipinski definition) is 5. The second-order valence-corrected chi connectivity index (χ2v) is 6.91. The molecule has 3 aromatic rings. The molecule has 1 heterocycles. The lowest BCUT2D eigenvalue weighted by Crippen LogP contribution is -2.02. The molecule has 3 rings (SSSR count). The number of thioether (sulfide) groups is 1. The molecule has 0 aliphatic rings. The van der Waals surface area contributed by atoms with Crippen molar-refractivity contribution in [1.82, 2.24) is 14.8 Å². The van der Waals surface area contributed by atoms with E-state index in [1.54, 1.807) is 7.11 Å². The number of aromatic nitrogens is 3. The van der Waals surface area contributed by atoms with Crippen molar-refractivity contribution in [1.29, 1.82) is 5.26 Å². The van der Waals surface area contributed by atoms with Crippen molar-refractivity contribution in [2.24, 2.45) is 0 Å². The predicted molar refractivity (Wildman–Crippen MR) is 99.0 cm³/mol. The first-order valence-corrected chi connectivity index (χ1v) is 8.73. The maximum absolute atomic E-state index is 9.14. The fourth-order valence-electron chi connectivity index (χ4n) is 2.47. The van der Waals surface area contributed by atoms with Crippen LogP contribution in [0.5, 0.6) is 5.75 Å². The molecule has 0 radical (unpaired) electrons. The van der Waals surface area contributed by atoms with Gasteiger partial charge < -0.3 is 4.74 Å². The van der Waals surface area contributed by atoms with Gasteiger partial charge in [0.15, 0.2) is 11.0 Å². The van der Waals surface area contributed by atoms with Crippen LogP contribution in [-0.2, 0) is 0 Å². The average molecular weight is 350 g/mol. The van der Waals surface area contributed by atoms with Crippen molar-refractivity contribution in [3.63, 3.8) is 0 Å². The van der Waals surface area contributed by atoms with E-state index in [0.717, 1.165) is 28.4 Å². The Balaban J connectivity index is 2.14. The summed E-state index contributed by atoms with van der Waals surface area (Å²) < 4.78 is 7.22.